The molecule has 0 saturated carbocycles. The lowest BCUT2D eigenvalue weighted by atomic mass is 9.95. The van der Waals surface area contributed by atoms with Crippen molar-refractivity contribution < 1.29 is 0 Å². The highest BCUT2D eigenvalue weighted by Crippen LogP contribution is 2.26. The molecule has 0 aromatic carbocycles. The van der Waals surface area contributed by atoms with Crippen molar-refractivity contribution in [3.05, 3.63) is 11.8 Å². The predicted molar refractivity (Wildman–Crippen MR) is 38.9 cm³/mol. The molecule has 1 rings (SSSR count). The summed E-state index contributed by atoms with van der Waals surface area (Å²) in [5.74, 6) is 0.0440. The van der Waals surface area contributed by atoms with E-state index in [1.54, 1.807) is 13.1 Å². The number of nitrogens with one attached hydrogen (secondary N) is 1. The molecule has 0 bridgehead atoms. The van der Waals surface area contributed by atoms with Crippen molar-refractivity contribution in [2.45, 2.75) is 19.4 Å². The third-order valence-electron chi connectivity index (χ3n) is 1.80. The summed E-state index contributed by atoms with van der Waals surface area (Å²) in [4.78, 5) is 0. The van der Waals surface area contributed by atoms with E-state index in [9.17, 15) is 0 Å². The fourth-order valence-corrected chi connectivity index (χ4v) is 0.702. The zero-order valence-electron chi connectivity index (χ0n) is 6.05. The number of nitrogens with two attached hydrogens (primary N) is 1. The van der Waals surface area contributed by atoms with Crippen LogP contribution >= 0.6 is 0 Å². The van der Waals surface area contributed by atoms with Gasteiger partial charge in [-0.15, -0.1) is 0 Å². The van der Waals surface area contributed by atoms with E-state index in [1.807, 2.05) is 6.92 Å². The summed E-state index contributed by atoms with van der Waals surface area (Å²) < 4.78 is 0. The quantitative estimate of drug-likeness (QED) is 0.412. The first-order chi connectivity index (χ1) is 4.57. The summed E-state index contributed by atoms with van der Waals surface area (Å²) in [5, 5.41) is 14.7. The van der Waals surface area contributed by atoms with E-state index in [2.05, 4.69) is 10.2 Å². The van der Waals surface area contributed by atoms with Crippen LogP contribution in [0.2, 0.25) is 0 Å². The number of rotatable bonds is 1. The Kier molecular flexibility index (Phi) is 1.31. The molecule has 4 nitrogen and oxygen atoms in total. The first kappa shape index (κ1) is 6.92. The van der Waals surface area contributed by atoms with Crippen LogP contribution in [0.3, 0.4) is 0 Å². The summed E-state index contributed by atoms with van der Waals surface area (Å²) in [5.41, 5.74) is 5.56. The van der Waals surface area contributed by atoms with Gasteiger partial charge in [0.2, 0.25) is 0 Å². The zero-order chi connectivity index (χ0) is 7.78. The van der Waals surface area contributed by atoms with Gasteiger partial charge in [0, 0.05) is 0 Å². The van der Waals surface area contributed by atoms with Gasteiger partial charge in [-0.05, 0) is 19.4 Å². The molecule has 0 spiro atoms. The van der Waals surface area contributed by atoms with Gasteiger partial charge in [-0.3, -0.25) is 5.41 Å². The number of amidine groups is 1. The molecule has 0 fully saturated rings. The average Bonchev–Trinajstić information content (AvgIpc) is 2.15. The van der Waals surface area contributed by atoms with Crippen LogP contribution in [0.25, 0.3) is 0 Å². The van der Waals surface area contributed by atoms with Gasteiger partial charge >= 0.3 is 0 Å². The van der Waals surface area contributed by atoms with E-state index in [1.165, 1.54) is 0 Å². The van der Waals surface area contributed by atoms with Gasteiger partial charge in [-0.2, -0.15) is 10.2 Å². The van der Waals surface area contributed by atoms with Crippen molar-refractivity contribution in [1.82, 2.24) is 0 Å². The van der Waals surface area contributed by atoms with E-state index in [4.69, 9.17) is 11.1 Å². The summed E-state index contributed by atoms with van der Waals surface area (Å²) in [6.07, 6.45) is 1.63. The van der Waals surface area contributed by atoms with E-state index >= 15 is 0 Å². The smallest absolute Gasteiger partial charge is 0.158 e. The van der Waals surface area contributed by atoms with Crippen molar-refractivity contribution in [1.29, 1.82) is 5.41 Å². The van der Waals surface area contributed by atoms with Gasteiger partial charge in [0.05, 0.1) is 6.20 Å². The molecular formula is C6H10N4. The van der Waals surface area contributed by atoms with Crippen molar-refractivity contribution in [3.63, 3.8) is 0 Å². The van der Waals surface area contributed by atoms with E-state index < -0.39 is 5.54 Å². The molecule has 1 aliphatic rings. The number of azo groups is 1. The van der Waals surface area contributed by atoms with Crippen LogP contribution in [0.1, 0.15) is 13.8 Å². The second-order valence-electron chi connectivity index (χ2n) is 2.51. The predicted octanol–water partition coefficient (Wildman–Crippen LogP) is 1.05. The second-order valence-corrected chi connectivity index (χ2v) is 2.51. The topological polar surface area (TPSA) is 74.6 Å². The zero-order valence-corrected chi connectivity index (χ0v) is 6.05. The Balaban J connectivity index is 3.00. The molecule has 54 valence electrons. The molecule has 0 radical (unpaired) electrons. The van der Waals surface area contributed by atoms with E-state index in [-0.39, 0.29) is 5.84 Å². The molecular weight excluding hydrogens is 128 g/mol. The van der Waals surface area contributed by atoms with Gasteiger partial charge in [-0.1, -0.05) is 0 Å². The SMILES string of the molecule is CC1=CN=NC1(C)C(=N)N. The lowest BCUT2D eigenvalue weighted by Gasteiger charge is -2.18. The molecule has 1 atom stereocenters. The molecule has 3 N–H and O–H groups in total. The van der Waals surface area contributed by atoms with Crippen molar-refractivity contribution >= 4 is 5.84 Å². The van der Waals surface area contributed by atoms with Crippen LogP contribution in [-0.2, 0) is 0 Å². The molecule has 1 unspecified atom stereocenters. The Hall–Kier alpha value is -1.19. The van der Waals surface area contributed by atoms with Crippen molar-refractivity contribution in [2.75, 3.05) is 0 Å². The Morgan fingerprint density at radius 1 is 1.80 bits per heavy atom. The minimum absolute atomic E-state index is 0.0440. The van der Waals surface area contributed by atoms with Crippen LogP contribution < -0.4 is 5.73 Å². The van der Waals surface area contributed by atoms with Crippen LogP contribution in [-0.4, -0.2) is 11.4 Å². The highest BCUT2D eigenvalue weighted by molar-refractivity contribution is 5.90. The minimum Gasteiger partial charge on any atom is -0.385 e. The fourth-order valence-electron chi connectivity index (χ4n) is 0.702. The fraction of sp³-hybridized carbons (Fsp3) is 0.500. The largest absolute Gasteiger partial charge is 0.385 e. The summed E-state index contributed by atoms with van der Waals surface area (Å²) in [6, 6.07) is 0. The molecule has 4 heteroatoms. The molecule has 0 aromatic rings. The molecule has 0 amide bonds. The monoisotopic (exact) mass is 138 g/mol. The lowest BCUT2D eigenvalue weighted by Crippen LogP contribution is -2.38. The van der Waals surface area contributed by atoms with Crippen molar-refractivity contribution in [3.8, 4) is 0 Å². The Labute approximate surface area is 59.3 Å². The van der Waals surface area contributed by atoms with Crippen LogP contribution in [0.5, 0.6) is 0 Å². The molecule has 0 saturated heterocycles. The maximum Gasteiger partial charge on any atom is 0.158 e. The Morgan fingerprint density at radius 2 is 2.40 bits per heavy atom. The minimum atomic E-state index is -0.667. The maximum atomic E-state index is 7.20. The van der Waals surface area contributed by atoms with Gasteiger partial charge < -0.3 is 5.73 Å². The molecule has 1 aliphatic heterocycles. The summed E-state index contributed by atoms with van der Waals surface area (Å²) in [6.45, 7) is 3.64. The Bertz CT molecular complexity index is 228. The highest BCUT2D eigenvalue weighted by atomic mass is 15.2. The second kappa shape index (κ2) is 1.90. The molecule has 0 aromatic heterocycles. The van der Waals surface area contributed by atoms with Gasteiger partial charge in [0.1, 0.15) is 5.84 Å². The Morgan fingerprint density at radius 3 is 2.60 bits per heavy atom. The molecule has 1 heterocycles. The molecule has 0 aliphatic carbocycles. The number of nitrogens with zero attached hydrogens (tertiary/aromatic N) is 2. The standard InChI is InChI=1S/C6H10N4/c1-4-3-9-10-6(4,2)5(7)8/h3H,1-2H3,(H3,7,8). The summed E-state index contributed by atoms with van der Waals surface area (Å²) >= 11 is 0. The maximum absolute atomic E-state index is 7.20. The van der Waals surface area contributed by atoms with Crippen LogP contribution in [0.4, 0.5) is 0 Å². The third kappa shape index (κ3) is 0.725. The normalized spacial score (nSPS) is 30.4. The number of hydrogen-bond acceptors (Lipinski definition) is 3. The van der Waals surface area contributed by atoms with E-state index in [0.29, 0.717) is 0 Å². The van der Waals surface area contributed by atoms with Gasteiger partial charge in [0.25, 0.3) is 0 Å². The van der Waals surface area contributed by atoms with Gasteiger partial charge in [0.15, 0.2) is 5.54 Å². The van der Waals surface area contributed by atoms with Crippen molar-refractivity contribution in [2.24, 2.45) is 16.0 Å². The van der Waals surface area contributed by atoms with Crippen LogP contribution in [0.15, 0.2) is 22.0 Å². The number of hydrogen-bond donors (Lipinski definition) is 2. The van der Waals surface area contributed by atoms with E-state index in [0.717, 1.165) is 5.57 Å². The molecule has 10 heavy (non-hydrogen) atoms. The average molecular weight is 138 g/mol. The first-order valence-electron chi connectivity index (χ1n) is 3.01. The first-order valence-corrected chi connectivity index (χ1v) is 3.01. The van der Waals surface area contributed by atoms with Gasteiger partial charge in [-0.25, -0.2) is 0 Å². The third-order valence-corrected chi connectivity index (χ3v) is 1.80. The summed E-state index contributed by atoms with van der Waals surface area (Å²) in [7, 11) is 0. The van der Waals surface area contributed by atoms with Crippen LogP contribution in [0, 0.1) is 5.41 Å². The lowest BCUT2D eigenvalue weighted by molar-refractivity contribution is 0.712. The highest BCUT2D eigenvalue weighted by Gasteiger charge is 2.32.